The summed E-state index contributed by atoms with van der Waals surface area (Å²) >= 11 is 0. The molecule has 4 amide bonds. The second kappa shape index (κ2) is 15.0. The number of hydrogen-bond acceptors (Lipinski definition) is 9. The Labute approximate surface area is 193 Å². The summed E-state index contributed by atoms with van der Waals surface area (Å²) in [6.07, 6.45) is -1.39. The topological polar surface area (TPSA) is 316 Å². The van der Waals surface area contributed by atoms with Crippen LogP contribution in [0, 0.1) is 0 Å². The molecule has 34 heavy (non-hydrogen) atoms. The molecule has 0 aromatic heterocycles. The second-order valence-electron chi connectivity index (χ2n) is 7.03. The lowest BCUT2D eigenvalue weighted by Crippen LogP contribution is -2.58. The monoisotopic (exact) mass is 490 g/mol. The normalized spacial score (nSPS) is 13.9. The largest absolute Gasteiger partial charge is 0.481 e. The number of nitrogens with zero attached hydrogens (tertiary/aromatic N) is 1. The van der Waals surface area contributed by atoms with Crippen molar-refractivity contribution in [1.29, 1.82) is 0 Å². The molecule has 17 heteroatoms. The van der Waals surface area contributed by atoms with Crippen molar-refractivity contribution in [2.45, 2.75) is 49.9 Å². The fourth-order valence-corrected chi connectivity index (χ4v) is 2.47. The van der Waals surface area contributed by atoms with Gasteiger partial charge in [-0.25, -0.2) is 4.79 Å². The lowest BCUT2D eigenvalue weighted by molar-refractivity contribution is -0.144. The van der Waals surface area contributed by atoms with Crippen molar-refractivity contribution in [3.63, 3.8) is 0 Å². The van der Waals surface area contributed by atoms with E-state index in [4.69, 9.17) is 38.3 Å². The highest BCUT2D eigenvalue weighted by Gasteiger charge is 2.31. The number of guanidine groups is 1. The lowest BCUT2D eigenvalue weighted by Gasteiger charge is -2.24. The smallest absolute Gasteiger partial charge is 0.328 e. The van der Waals surface area contributed by atoms with Crippen molar-refractivity contribution < 1.29 is 44.1 Å². The molecule has 0 aromatic rings. The number of amides is 4. The summed E-state index contributed by atoms with van der Waals surface area (Å²) in [6.45, 7) is -0.929. The summed E-state index contributed by atoms with van der Waals surface area (Å²) in [5.41, 5.74) is 21.0. The average molecular weight is 490 g/mol. The highest BCUT2D eigenvalue weighted by molar-refractivity contribution is 5.96. The summed E-state index contributed by atoms with van der Waals surface area (Å²) < 4.78 is 0. The van der Waals surface area contributed by atoms with Gasteiger partial charge in [0.15, 0.2) is 5.96 Å². The number of aliphatic imine (C=N–C) groups is 1. The molecular formula is C17H30N8O9. The molecule has 0 fully saturated rings. The number of hydrogen-bond donors (Lipinski definition) is 10. The first kappa shape index (κ1) is 30.0. The second-order valence-corrected chi connectivity index (χ2v) is 7.03. The van der Waals surface area contributed by atoms with Crippen LogP contribution in [-0.2, 0) is 28.8 Å². The van der Waals surface area contributed by atoms with Crippen LogP contribution in [0.25, 0.3) is 0 Å². The Hall–Kier alpha value is -3.99. The molecule has 4 unspecified atom stereocenters. The molecule has 4 atom stereocenters. The van der Waals surface area contributed by atoms with E-state index in [0.29, 0.717) is 0 Å². The summed E-state index contributed by atoms with van der Waals surface area (Å²) in [5.74, 6) is -7.33. The summed E-state index contributed by atoms with van der Waals surface area (Å²) in [7, 11) is 0. The number of rotatable bonds is 16. The van der Waals surface area contributed by atoms with E-state index < -0.39 is 79.2 Å². The molecule has 0 rings (SSSR count). The van der Waals surface area contributed by atoms with Gasteiger partial charge in [-0.05, 0) is 12.8 Å². The first-order valence-electron chi connectivity index (χ1n) is 9.84. The molecule has 0 aromatic carbocycles. The van der Waals surface area contributed by atoms with Crippen LogP contribution in [0.15, 0.2) is 4.99 Å². The third-order valence-electron chi connectivity index (χ3n) is 4.15. The van der Waals surface area contributed by atoms with Gasteiger partial charge >= 0.3 is 11.9 Å². The van der Waals surface area contributed by atoms with Gasteiger partial charge in [-0.15, -0.1) is 0 Å². The van der Waals surface area contributed by atoms with Gasteiger partial charge in [0.05, 0.1) is 25.5 Å². The number of aliphatic carboxylic acids is 2. The van der Waals surface area contributed by atoms with E-state index in [1.807, 2.05) is 5.32 Å². The van der Waals surface area contributed by atoms with Crippen molar-refractivity contribution in [2.24, 2.45) is 27.9 Å². The zero-order chi connectivity index (χ0) is 26.4. The number of carboxylic acids is 2. The van der Waals surface area contributed by atoms with Gasteiger partial charge in [-0.3, -0.25) is 29.0 Å². The van der Waals surface area contributed by atoms with Crippen LogP contribution in [0.4, 0.5) is 0 Å². The van der Waals surface area contributed by atoms with E-state index in [0.717, 1.165) is 0 Å². The van der Waals surface area contributed by atoms with Gasteiger partial charge in [-0.1, -0.05) is 0 Å². The van der Waals surface area contributed by atoms with Gasteiger partial charge in [0.2, 0.25) is 23.6 Å². The van der Waals surface area contributed by atoms with Gasteiger partial charge in [0, 0.05) is 6.54 Å². The number of carbonyl (C=O) groups excluding carboxylic acids is 4. The van der Waals surface area contributed by atoms with Crippen LogP contribution in [0.3, 0.4) is 0 Å². The lowest BCUT2D eigenvalue weighted by atomic mass is 10.1. The number of carboxylic acid groups (broad SMARTS) is 2. The highest BCUT2D eigenvalue weighted by atomic mass is 16.4. The Kier molecular flexibility index (Phi) is 13.2. The van der Waals surface area contributed by atoms with Crippen LogP contribution in [0.1, 0.15) is 25.7 Å². The number of aliphatic hydroxyl groups is 1. The van der Waals surface area contributed by atoms with Gasteiger partial charge in [0.25, 0.3) is 0 Å². The number of primary amides is 1. The zero-order valence-corrected chi connectivity index (χ0v) is 18.1. The Morgan fingerprint density at radius 2 is 1.32 bits per heavy atom. The minimum absolute atomic E-state index is 0.0607. The Bertz CT molecular complexity index is 800. The molecule has 0 radical (unpaired) electrons. The number of aliphatic hydroxyl groups excluding tert-OH is 1. The van der Waals surface area contributed by atoms with Gasteiger partial charge in [-0.2, -0.15) is 0 Å². The van der Waals surface area contributed by atoms with Crippen molar-refractivity contribution in [3.8, 4) is 0 Å². The first-order valence-corrected chi connectivity index (χ1v) is 9.84. The van der Waals surface area contributed by atoms with Crippen LogP contribution in [0.5, 0.6) is 0 Å². The van der Waals surface area contributed by atoms with Crippen molar-refractivity contribution >= 4 is 41.5 Å². The van der Waals surface area contributed by atoms with Crippen LogP contribution in [0.2, 0.25) is 0 Å². The van der Waals surface area contributed by atoms with E-state index in [1.54, 1.807) is 0 Å². The summed E-state index contributed by atoms with van der Waals surface area (Å²) in [5, 5.41) is 33.3. The quantitative estimate of drug-likeness (QED) is 0.0549. The van der Waals surface area contributed by atoms with Gasteiger partial charge in [0.1, 0.15) is 18.1 Å². The molecule has 0 spiro atoms. The van der Waals surface area contributed by atoms with Crippen molar-refractivity contribution in [2.75, 3.05) is 13.2 Å². The maximum absolute atomic E-state index is 12.8. The molecule has 0 bridgehead atoms. The Morgan fingerprint density at radius 3 is 1.79 bits per heavy atom. The summed E-state index contributed by atoms with van der Waals surface area (Å²) in [6, 6.07) is -6.25. The van der Waals surface area contributed by atoms with Gasteiger partial charge < -0.3 is 54.2 Å². The average Bonchev–Trinajstić information content (AvgIpc) is 2.71. The van der Waals surface area contributed by atoms with E-state index >= 15 is 0 Å². The SMILES string of the molecule is NC(=O)CC(N)C(=O)NC(CCCN=C(N)N)C(=O)NC(CC(=O)O)C(=O)NC(CO)C(=O)O. The molecule has 192 valence electrons. The zero-order valence-electron chi connectivity index (χ0n) is 18.1. The highest BCUT2D eigenvalue weighted by Crippen LogP contribution is 2.03. The third kappa shape index (κ3) is 12.2. The molecular weight excluding hydrogens is 460 g/mol. The van der Waals surface area contributed by atoms with Crippen molar-refractivity contribution in [1.82, 2.24) is 16.0 Å². The number of carbonyl (C=O) groups is 6. The molecule has 0 aliphatic heterocycles. The Balaban J connectivity index is 5.56. The minimum Gasteiger partial charge on any atom is -0.481 e. The van der Waals surface area contributed by atoms with E-state index in [2.05, 4.69) is 15.6 Å². The van der Waals surface area contributed by atoms with Crippen LogP contribution in [-0.4, -0.2) is 94.2 Å². The van der Waals surface area contributed by atoms with E-state index in [1.165, 1.54) is 0 Å². The number of nitrogens with two attached hydrogens (primary N) is 4. The molecule has 0 aliphatic carbocycles. The molecule has 0 saturated heterocycles. The summed E-state index contributed by atoms with van der Waals surface area (Å²) in [4.78, 5) is 74.1. The third-order valence-corrected chi connectivity index (χ3v) is 4.15. The minimum atomic E-state index is -1.75. The maximum atomic E-state index is 12.8. The van der Waals surface area contributed by atoms with Crippen LogP contribution >= 0.6 is 0 Å². The fourth-order valence-electron chi connectivity index (χ4n) is 2.47. The molecule has 0 saturated carbocycles. The molecule has 0 heterocycles. The first-order chi connectivity index (χ1) is 15.8. The molecule has 17 nitrogen and oxygen atoms in total. The number of nitrogens with one attached hydrogen (secondary N) is 3. The van der Waals surface area contributed by atoms with Crippen molar-refractivity contribution in [3.05, 3.63) is 0 Å². The van der Waals surface area contributed by atoms with Crippen LogP contribution < -0.4 is 38.9 Å². The predicted octanol–water partition coefficient (Wildman–Crippen LogP) is -5.75. The molecule has 0 aliphatic rings. The van der Waals surface area contributed by atoms with E-state index in [-0.39, 0.29) is 25.3 Å². The molecule has 14 N–H and O–H groups in total. The predicted molar refractivity (Wildman–Crippen MR) is 114 cm³/mol. The standard InChI is InChI=1S/C17H30N8O9/c18-7(4-11(19)27)13(30)23-8(2-1-3-22-17(20)21)14(31)24-9(5-12(28)29)15(32)25-10(6-26)16(33)34/h7-10,26H,1-6,18H2,(H2,19,27)(H,23,30)(H,24,31)(H,25,32)(H,28,29)(H,33,34)(H4,20,21,22). The fraction of sp³-hybridized carbons (Fsp3) is 0.588. The Morgan fingerprint density at radius 1 is 0.794 bits per heavy atom. The van der Waals surface area contributed by atoms with E-state index in [9.17, 15) is 28.8 Å². The maximum Gasteiger partial charge on any atom is 0.328 e.